The molecule has 0 bridgehead atoms. The van der Waals surface area contributed by atoms with Crippen molar-refractivity contribution in [3.8, 4) is 11.4 Å². The summed E-state index contributed by atoms with van der Waals surface area (Å²) >= 11 is 5.89. The summed E-state index contributed by atoms with van der Waals surface area (Å²) in [5.41, 5.74) is -5.55. The molecule has 11 heteroatoms. The van der Waals surface area contributed by atoms with Crippen LogP contribution in [-0.2, 0) is 13.2 Å². The molecule has 0 aliphatic rings. The number of carbonyl (C=O) groups is 1. The zero-order chi connectivity index (χ0) is 22.2. The third-order valence-corrected chi connectivity index (χ3v) is 4.37. The van der Waals surface area contributed by atoms with Gasteiger partial charge in [0.2, 0.25) is 0 Å². The van der Waals surface area contributed by atoms with Gasteiger partial charge in [-0.1, -0.05) is 29.8 Å². The van der Waals surface area contributed by atoms with Crippen LogP contribution in [0.25, 0.3) is 5.69 Å². The maximum absolute atomic E-state index is 14.5. The molecule has 0 spiro atoms. The molecule has 0 N–H and O–H groups in total. The molecule has 3 aromatic rings. The van der Waals surface area contributed by atoms with Crippen molar-refractivity contribution in [1.82, 2.24) is 9.13 Å². The van der Waals surface area contributed by atoms with E-state index in [1.807, 2.05) is 0 Å². The van der Waals surface area contributed by atoms with Gasteiger partial charge in [-0.3, -0.25) is 9.36 Å². The van der Waals surface area contributed by atoms with Crippen LogP contribution in [0.15, 0.2) is 58.1 Å². The molecule has 0 saturated heterocycles. The van der Waals surface area contributed by atoms with E-state index in [0.29, 0.717) is 6.07 Å². The molecule has 0 fully saturated rings. The Hall–Kier alpha value is -3.40. The van der Waals surface area contributed by atoms with Gasteiger partial charge in [-0.25, -0.2) is 18.5 Å². The van der Waals surface area contributed by atoms with Gasteiger partial charge in [-0.2, -0.15) is 13.2 Å². The molecule has 0 atom stereocenters. The van der Waals surface area contributed by atoms with Crippen LogP contribution in [0, 0.1) is 5.82 Å². The van der Waals surface area contributed by atoms with Gasteiger partial charge in [0.05, 0.1) is 16.3 Å². The monoisotopic (exact) mass is 442 g/mol. The Bertz CT molecular complexity index is 1250. The molecule has 0 unspecified atom stereocenters. The van der Waals surface area contributed by atoms with Crippen LogP contribution in [0.5, 0.6) is 5.75 Å². The molecule has 1 heterocycles. The van der Waals surface area contributed by atoms with Gasteiger partial charge in [0, 0.05) is 13.1 Å². The fourth-order valence-corrected chi connectivity index (χ4v) is 2.86. The summed E-state index contributed by atoms with van der Waals surface area (Å²) in [6, 6.07) is 9.35. The van der Waals surface area contributed by atoms with Gasteiger partial charge in [0.15, 0.2) is 0 Å². The Labute approximate surface area is 170 Å². The van der Waals surface area contributed by atoms with Crippen molar-refractivity contribution in [2.45, 2.75) is 6.18 Å². The molecule has 1 aromatic heterocycles. The summed E-state index contributed by atoms with van der Waals surface area (Å²) in [7, 11) is 0.777. The summed E-state index contributed by atoms with van der Waals surface area (Å²) in [4.78, 5) is 37.0. The van der Waals surface area contributed by atoms with E-state index >= 15 is 0 Å². The maximum atomic E-state index is 14.5. The lowest BCUT2D eigenvalue weighted by molar-refractivity contribution is -0.144. The van der Waals surface area contributed by atoms with E-state index < -0.39 is 46.2 Å². The SMILES string of the molecule is Cn1c(C(F)(F)F)cc(=O)n(-c2cc(C(=O)Oc3ccccc3)c(Cl)cc2F)c1=O. The van der Waals surface area contributed by atoms with E-state index in [0.717, 1.165) is 13.1 Å². The van der Waals surface area contributed by atoms with Gasteiger partial charge in [0.1, 0.15) is 17.3 Å². The predicted octanol–water partition coefficient (Wildman–Crippen LogP) is 3.57. The van der Waals surface area contributed by atoms with Crippen molar-refractivity contribution < 1.29 is 27.1 Å². The van der Waals surface area contributed by atoms with Crippen LogP contribution in [0.3, 0.4) is 0 Å². The van der Waals surface area contributed by atoms with Crippen molar-refractivity contribution in [2.24, 2.45) is 7.05 Å². The number of para-hydroxylation sites is 1. The van der Waals surface area contributed by atoms with E-state index in [1.165, 1.54) is 12.1 Å². The number of halogens is 5. The highest BCUT2D eigenvalue weighted by molar-refractivity contribution is 6.33. The number of esters is 1. The molecule has 0 radical (unpaired) electrons. The minimum atomic E-state index is -4.98. The standard InChI is InChI=1S/C19H11ClF4N2O4/c1-25-15(19(22,23)24)9-16(27)26(18(25)29)14-7-11(12(20)8-13(14)21)17(28)30-10-5-3-2-4-6-10/h2-9H,1H3. The molecular formula is C19H11ClF4N2O4. The maximum Gasteiger partial charge on any atom is 0.431 e. The smallest absolute Gasteiger partial charge is 0.423 e. The highest BCUT2D eigenvalue weighted by Gasteiger charge is 2.35. The van der Waals surface area contributed by atoms with Crippen molar-refractivity contribution in [1.29, 1.82) is 0 Å². The van der Waals surface area contributed by atoms with Crippen LogP contribution in [-0.4, -0.2) is 15.1 Å². The molecular weight excluding hydrogens is 432 g/mol. The first-order valence-electron chi connectivity index (χ1n) is 8.17. The number of aromatic nitrogens is 2. The van der Waals surface area contributed by atoms with E-state index in [4.69, 9.17) is 16.3 Å². The third-order valence-electron chi connectivity index (χ3n) is 4.06. The Morgan fingerprint density at radius 1 is 1.07 bits per heavy atom. The quantitative estimate of drug-likeness (QED) is 0.353. The minimum Gasteiger partial charge on any atom is -0.423 e. The van der Waals surface area contributed by atoms with Gasteiger partial charge >= 0.3 is 17.8 Å². The molecule has 0 amide bonds. The number of ether oxygens (including phenoxy) is 1. The fraction of sp³-hybridized carbons (Fsp3) is 0.105. The van der Waals surface area contributed by atoms with Crippen LogP contribution in [0.4, 0.5) is 17.6 Å². The molecule has 2 aromatic carbocycles. The lowest BCUT2D eigenvalue weighted by atomic mass is 10.2. The number of carbonyl (C=O) groups excluding carboxylic acids is 1. The molecule has 0 saturated carbocycles. The number of nitrogens with zero attached hydrogens (tertiary/aromatic N) is 2. The van der Waals surface area contributed by atoms with Crippen molar-refractivity contribution in [3.05, 3.63) is 91.5 Å². The lowest BCUT2D eigenvalue weighted by Crippen LogP contribution is -2.41. The summed E-state index contributed by atoms with van der Waals surface area (Å²) in [5.74, 6) is -2.08. The summed E-state index contributed by atoms with van der Waals surface area (Å²) in [5, 5.41) is -0.381. The van der Waals surface area contributed by atoms with Gasteiger partial charge < -0.3 is 4.74 Å². The second-order valence-electron chi connectivity index (χ2n) is 6.03. The van der Waals surface area contributed by atoms with Gasteiger partial charge in [-0.15, -0.1) is 0 Å². The zero-order valence-corrected chi connectivity index (χ0v) is 15.8. The Morgan fingerprint density at radius 2 is 1.70 bits per heavy atom. The second-order valence-corrected chi connectivity index (χ2v) is 6.44. The molecule has 6 nitrogen and oxygen atoms in total. The van der Waals surface area contributed by atoms with E-state index in [9.17, 15) is 31.9 Å². The molecule has 3 rings (SSSR count). The highest BCUT2D eigenvalue weighted by atomic mass is 35.5. The summed E-state index contributed by atoms with van der Waals surface area (Å²) < 4.78 is 58.9. The van der Waals surface area contributed by atoms with Gasteiger partial charge in [-0.05, 0) is 24.3 Å². The largest absolute Gasteiger partial charge is 0.431 e. The third kappa shape index (κ3) is 3.99. The first-order chi connectivity index (χ1) is 14.0. The predicted molar refractivity (Wildman–Crippen MR) is 98.7 cm³/mol. The zero-order valence-electron chi connectivity index (χ0n) is 15.0. The Balaban J connectivity index is 2.16. The number of alkyl halides is 3. The lowest BCUT2D eigenvalue weighted by Gasteiger charge is -2.15. The number of hydrogen-bond donors (Lipinski definition) is 0. The molecule has 30 heavy (non-hydrogen) atoms. The molecule has 0 aliphatic carbocycles. The summed E-state index contributed by atoms with van der Waals surface area (Å²) in [6.07, 6.45) is -4.98. The minimum absolute atomic E-state index is 0.145. The average Bonchev–Trinajstić information content (AvgIpc) is 2.66. The fourth-order valence-electron chi connectivity index (χ4n) is 2.64. The normalized spacial score (nSPS) is 11.4. The van der Waals surface area contributed by atoms with Crippen LogP contribution >= 0.6 is 11.6 Å². The number of hydrogen-bond acceptors (Lipinski definition) is 4. The van der Waals surface area contributed by atoms with Crippen LogP contribution in [0.2, 0.25) is 5.02 Å². The van der Waals surface area contributed by atoms with E-state index in [-0.39, 0.29) is 26.0 Å². The second kappa shape index (κ2) is 7.79. The van der Waals surface area contributed by atoms with Crippen molar-refractivity contribution in [2.75, 3.05) is 0 Å². The van der Waals surface area contributed by atoms with Crippen LogP contribution < -0.4 is 16.0 Å². The van der Waals surface area contributed by atoms with Crippen LogP contribution in [0.1, 0.15) is 16.1 Å². The van der Waals surface area contributed by atoms with Crippen molar-refractivity contribution >= 4 is 17.6 Å². The van der Waals surface area contributed by atoms with E-state index in [1.54, 1.807) is 18.2 Å². The number of rotatable bonds is 3. The summed E-state index contributed by atoms with van der Waals surface area (Å²) in [6.45, 7) is 0. The van der Waals surface area contributed by atoms with Gasteiger partial charge in [0.25, 0.3) is 5.56 Å². The molecule has 156 valence electrons. The average molecular weight is 443 g/mol. The first-order valence-corrected chi connectivity index (χ1v) is 8.55. The highest BCUT2D eigenvalue weighted by Crippen LogP contribution is 2.28. The van der Waals surface area contributed by atoms with Crippen molar-refractivity contribution in [3.63, 3.8) is 0 Å². The first kappa shape index (κ1) is 21.3. The Morgan fingerprint density at radius 3 is 2.30 bits per heavy atom. The molecule has 0 aliphatic heterocycles. The van der Waals surface area contributed by atoms with E-state index in [2.05, 4.69) is 0 Å². The Kier molecular flexibility index (Phi) is 5.53. The topological polar surface area (TPSA) is 70.3 Å². The number of benzene rings is 2.